The number of fused-ring (bicyclic) bond motifs is 2. The minimum atomic E-state index is -1.09. The van der Waals surface area contributed by atoms with Crippen LogP contribution < -0.4 is 0 Å². The number of aromatic carboxylic acids is 1. The van der Waals surface area contributed by atoms with Gasteiger partial charge in [0.15, 0.2) is 17.9 Å². The van der Waals surface area contributed by atoms with Gasteiger partial charge in [-0.2, -0.15) is 0 Å². The molecule has 1 N–H and O–H groups in total. The number of rotatable bonds is 2. The predicted molar refractivity (Wildman–Crippen MR) is 95.4 cm³/mol. The van der Waals surface area contributed by atoms with Crippen molar-refractivity contribution in [2.45, 2.75) is 38.5 Å². The Balaban J connectivity index is 0.000000156. The van der Waals surface area contributed by atoms with E-state index in [1.165, 1.54) is 6.07 Å². The average molecular weight is 366 g/mol. The van der Waals surface area contributed by atoms with Gasteiger partial charge in [0.05, 0.1) is 0 Å². The minimum Gasteiger partial charge on any atom is -0.477 e. The molecule has 7 heteroatoms. The fraction of sp³-hybridized carbons (Fsp3) is 0.300. The molecule has 4 rings (SSSR count). The van der Waals surface area contributed by atoms with Crippen molar-refractivity contribution in [3.05, 3.63) is 58.2 Å². The number of aryl methyl sites for hydroxylation is 2. The zero-order valence-electron chi connectivity index (χ0n) is 14.6. The van der Waals surface area contributed by atoms with Gasteiger partial charge < -0.3 is 5.11 Å². The summed E-state index contributed by atoms with van der Waals surface area (Å²) in [5, 5.41) is 8.70. The Labute approximate surface area is 155 Å². The molecule has 0 fully saturated rings. The average Bonchev–Trinajstić information content (AvgIpc) is 2.68. The van der Waals surface area contributed by atoms with E-state index >= 15 is 0 Å². The number of hydrogen-bond donors (Lipinski definition) is 1. The van der Waals surface area contributed by atoms with E-state index in [1.807, 2.05) is 6.07 Å². The normalized spacial score (nSPS) is 15.1. The highest BCUT2D eigenvalue weighted by Gasteiger charge is 2.20. The van der Waals surface area contributed by atoms with E-state index in [0.717, 1.165) is 36.8 Å². The summed E-state index contributed by atoms with van der Waals surface area (Å²) < 4.78 is 0. The van der Waals surface area contributed by atoms with Crippen LogP contribution in [0.3, 0.4) is 0 Å². The van der Waals surface area contributed by atoms with E-state index < -0.39 is 5.97 Å². The molecule has 2 aliphatic carbocycles. The Morgan fingerprint density at radius 3 is 1.96 bits per heavy atom. The van der Waals surface area contributed by atoms with E-state index in [2.05, 4.69) is 9.97 Å². The molecule has 0 spiro atoms. The molecule has 0 unspecified atom stereocenters. The molecule has 0 atom stereocenters. The molecule has 0 bridgehead atoms. The van der Waals surface area contributed by atoms with Gasteiger partial charge in [-0.3, -0.25) is 14.4 Å². The molecular formula is C20H18N2O5. The summed E-state index contributed by atoms with van der Waals surface area (Å²) in [7, 11) is 0. The summed E-state index contributed by atoms with van der Waals surface area (Å²) in [6.07, 6.45) is 5.14. The first kappa shape index (κ1) is 18.6. The Kier molecular flexibility index (Phi) is 5.49. The van der Waals surface area contributed by atoms with Crippen LogP contribution in [0.4, 0.5) is 0 Å². The van der Waals surface area contributed by atoms with Gasteiger partial charge in [0.1, 0.15) is 22.8 Å². The highest BCUT2D eigenvalue weighted by Crippen LogP contribution is 2.20. The Hall–Kier alpha value is -3.22. The second kappa shape index (κ2) is 7.99. The molecular weight excluding hydrogens is 348 g/mol. The van der Waals surface area contributed by atoms with Crippen molar-refractivity contribution in [2.75, 3.05) is 0 Å². The lowest BCUT2D eigenvalue weighted by Gasteiger charge is -2.13. The number of ketones is 2. The second-order valence-electron chi connectivity index (χ2n) is 6.42. The molecule has 2 aromatic heterocycles. The number of pyridine rings is 2. The summed E-state index contributed by atoms with van der Waals surface area (Å²) in [4.78, 5) is 51.7. The molecule has 2 aromatic rings. The van der Waals surface area contributed by atoms with Crippen molar-refractivity contribution in [3.63, 3.8) is 0 Å². The molecule has 138 valence electrons. The molecule has 0 saturated heterocycles. The highest BCUT2D eigenvalue weighted by molar-refractivity contribution is 5.98. The van der Waals surface area contributed by atoms with Crippen LogP contribution in [0.15, 0.2) is 24.3 Å². The minimum absolute atomic E-state index is 0.0469. The fourth-order valence-corrected chi connectivity index (χ4v) is 3.18. The number of carboxylic acids is 1. The maximum Gasteiger partial charge on any atom is 0.354 e. The first-order valence-corrected chi connectivity index (χ1v) is 8.74. The van der Waals surface area contributed by atoms with Crippen molar-refractivity contribution >= 4 is 23.8 Å². The molecule has 2 heterocycles. The van der Waals surface area contributed by atoms with E-state index in [4.69, 9.17) is 5.11 Å². The van der Waals surface area contributed by atoms with Crippen LogP contribution in [0.1, 0.15) is 78.8 Å². The third-order valence-corrected chi connectivity index (χ3v) is 4.55. The summed E-state index contributed by atoms with van der Waals surface area (Å²) >= 11 is 0. The number of carbonyl (C=O) groups excluding carboxylic acids is 3. The molecule has 0 saturated carbocycles. The maximum atomic E-state index is 11.4. The third kappa shape index (κ3) is 4.13. The molecule has 0 amide bonds. The van der Waals surface area contributed by atoms with Gasteiger partial charge in [0.2, 0.25) is 0 Å². The summed E-state index contributed by atoms with van der Waals surface area (Å²) in [5.41, 5.74) is 2.97. The van der Waals surface area contributed by atoms with Crippen molar-refractivity contribution in [3.8, 4) is 0 Å². The maximum absolute atomic E-state index is 11.4. The van der Waals surface area contributed by atoms with E-state index in [9.17, 15) is 19.2 Å². The van der Waals surface area contributed by atoms with Gasteiger partial charge in [0, 0.05) is 12.8 Å². The van der Waals surface area contributed by atoms with E-state index in [0.29, 0.717) is 36.2 Å². The van der Waals surface area contributed by atoms with Crippen LogP contribution >= 0.6 is 0 Å². The van der Waals surface area contributed by atoms with Crippen LogP contribution in [-0.2, 0) is 12.8 Å². The van der Waals surface area contributed by atoms with Crippen LogP contribution in [0.25, 0.3) is 0 Å². The molecule has 0 radical (unpaired) electrons. The standard InChI is InChI=1S/C10H9NO3.C10H9NO2/c12-8-3-1-2-6-4-5-7(10(13)14)11-9(6)8;12-6-8-5-4-7-2-1-3-9(13)10(7)11-8/h4-5H,1-3H2,(H,13,14);4-6H,1-3H2. The first-order valence-electron chi connectivity index (χ1n) is 8.74. The van der Waals surface area contributed by atoms with Crippen LogP contribution in [-0.4, -0.2) is 38.9 Å². The lowest BCUT2D eigenvalue weighted by molar-refractivity contribution is 0.0690. The lowest BCUT2D eigenvalue weighted by atomic mass is 9.95. The number of nitrogens with zero attached hydrogens (tertiary/aromatic N) is 2. The monoisotopic (exact) mass is 366 g/mol. The zero-order valence-corrected chi connectivity index (χ0v) is 14.6. The number of aldehydes is 1. The van der Waals surface area contributed by atoms with E-state index in [-0.39, 0.29) is 17.3 Å². The van der Waals surface area contributed by atoms with Gasteiger partial charge in [-0.15, -0.1) is 0 Å². The number of Topliss-reactive ketones (excluding diaryl/α,β-unsaturated/α-hetero) is 2. The fourth-order valence-electron chi connectivity index (χ4n) is 3.18. The Morgan fingerprint density at radius 2 is 1.41 bits per heavy atom. The molecule has 0 aliphatic heterocycles. The Morgan fingerprint density at radius 1 is 0.852 bits per heavy atom. The van der Waals surface area contributed by atoms with Gasteiger partial charge >= 0.3 is 5.97 Å². The van der Waals surface area contributed by atoms with Crippen molar-refractivity contribution in [1.82, 2.24) is 9.97 Å². The SMILES string of the molecule is O=C(O)c1ccc2c(n1)C(=O)CCC2.O=Cc1ccc2c(n1)C(=O)CCC2. The van der Waals surface area contributed by atoms with Crippen molar-refractivity contribution in [1.29, 1.82) is 0 Å². The van der Waals surface area contributed by atoms with Gasteiger partial charge in [-0.25, -0.2) is 14.8 Å². The summed E-state index contributed by atoms with van der Waals surface area (Å²) in [6, 6.07) is 6.61. The molecule has 27 heavy (non-hydrogen) atoms. The first-order chi connectivity index (χ1) is 13.0. The van der Waals surface area contributed by atoms with E-state index in [1.54, 1.807) is 12.1 Å². The van der Waals surface area contributed by atoms with Crippen LogP contribution in [0.5, 0.6) is 0 Å². The number of hydrogen-bond acceptors (Lipinski definition) is 6. The summed E-state index contributed by atoms with van der Waals surface area (Å²) in [5.74, 6) is -1.08. The van der Waals surface area contributed by atoms with Crippen molar-refractivity contribution < 1.29 is 24.3 Å². The Bertz CT molecular complexity index is 936. The number of carbonyl (C=O) groups is 4. The van der Waals surface area contributed by atoms with Gasteiger partial charge in [0.25, 0.3) is 0 Å². The van der Waals surface area contributed by atoms with Crippen LogP contribution in [0.2, 0.25) is 0 Å². The smallest absolute Gasteiger partial charge is 0.354 e. The number of carboxylic acid groups (broad SMARTS) is 1. The van der Waals surface area contributed by atoms with Gasteiger partial charge in [-0.1, -0.05) is 12.1 Å². The summed E-state index contributed by atoms with van der Waals surface area (Å²) in [6.45, 7) is 0. The topological polar surface area (TPSA) is 114 Å². The number of aromatic nitrogens is 2. The third-order valence-electron chi connectivity index (χ3n) is 4.55. The predicted octanol–water partition coefficient (Wildman–Crippen LogP) is 2.71. The van der Waals surface area contributed by atoms with Crippen molar-refractivity contribution in [2.24, 2.45) is 0 Å². The second-order valence-corrected chi connectivity index (χ2v) is 6.42. The molecule has 7 nitrogen and oxygen atoms in total. The van der Waals surface area contributed by atoms with Crippen LogP contribution in [0, 0.1) is 0 Å². The zero-order chi connectivity index (χ0) is 19.4. The quantitative estimate of drug-likeness (QED) is 0.813. The molecule has 2 aliphatic rings. The highest BCUT2D eigenvalue weighted by atomic mass is 16.4. The van der Waals surface area contributed by atoms with Gasteiger partial charge in [-0.05, 0) is 48.9 Å². The lowest BCUT2D eigenvalue weighted by Crippen LogP contribution is -2.15. The molecule has 0 aromatic carbocycles. The largest absolute Gasteiger partial charge is 0.477 e.